The molecule has 0 atom stereocenters. The SMILES string of the molecule is CCOC(=O)c1c(N)nn(C(C)C)c1C. The Morgan fingerprint density at radius 1 is 1.60 bits per heavy atom. The monoisotopic (exact) mass is 211 g/mol. The van der Waals surface area contributed by atoms with Gasteiger partial charge < -0.3 is 10.5 Å². The molecule has 0 spiro atoms. The highest BCUT2D eigenvalue weighted by molar-refractivity contribution is 5.95. The average Bonchev–Trinajstić information content (AvgIpc) is 2.42. The zero-order valence-corrected chi connectivity index (χ0v) is 9.57. The molecule has 0 aliphatic carbocycles. The molecule has 84 valence electrons. The van der Waals surface area contributed by atoms with Gasteiger partial charge in [0, 0.05) is 6.04 Å². The quantitative estimate of drug-likeness (QED) is 0.770. The van der Waals surface area contributed by atoms with Gasteiger partial charge in [-0.05, 0) is 27.7 Å². The molecule has 0 saturated heterocycles. The van der Waals surface area contributed by atoms with Crippen LogP contribution in [0.4, 0.5) is 5.82 Å². The predicted molar refractivity (Wildman–Crippen MR) is 57.7 cm³/mol. The zero-order chi connectivity index (χ0) is 11.6. The number of nitrogens with zero attached hydrogens (tertiary/aromatic N) is 2. The maximum absolute atomic E-state index is 11.6. The first kappa shape index (κ1) is 11.6. The van der Waals surface area contributed by atoms with Crippen molar-refractivity contribution in [2.24, 2.45) is 0 Å². The molecule has 0 unspecified atom stereocenters. The van der Waals surface area contributed by atoms with E-state index in [4.69, 9.17) is 10.5 Å². The molecular formula is C10H17N3O2. The van der Waals surface area contributed by atoms with E-state index in [0.717, 1.165) is 5.69 Å². The molecule has 5 nitrogen and oxygen atoms in total. The van der Waals surface area contributed by atoms with Crippen molar-refractivity contribution in [2.75, 3.05) is 12.3 Å². The number of nitrogen functional groups attached to an aromatic ring is 1. The van der Waals surface area contributed by atoms with Crippen molar-refractivity contribution in [3.63, 3.8) is 0 Å². The van der Waals surface area contributed by atoms with Crippen molar-refractivity contribution in [2.45, 2.75) is 33.7 Å². The molecule has 2 N–H and O–H groups in total. The van der Waals surface area contributed by atoms with Crippen molar-refractivity contribution in [1.82, 2.24) is 9.78 Å². The van der Waals surface area contributed by atoms with Crippen molar-refractivity contribution >= 4 is 11.8 Å². The van der Waals surface area contributed by atoms with Crippen molar-refractivity contribution in [3.8, 4) is 0 Å². The lowest BCUT2D eigenvalue weighted by molar-refractivity contribution is 0.0526. The van der Waals surface area contributed by atoms with Crippen LogP contribution in [0.25, 0.3) is 0 Å². The van der Waals surface area contributed by atoms with Crippen molar-refractivity contribution in [3.05, 3.63) is 11.3 Å². The van der Waals surface area contributed by atoms with Crippen LogP contribution >= 0.6 is 0 Å². The number of carbonyl (C=O) groups excluding carboxylic acids is 1. The van der Waals surface area contributed by atoms with E-state index < -0.39 is 5.97 Å². The summed E-state index contributed by atoms with van der Waals surface area (Å²) >= 11 is 0. The van der Waals surface area contributed by atoms with Gasteiger partial charge in [-0.1, -0.05) is 0 Å². The van der Waals surface area contributed by atoms with Gasteiger partial charge in [0.15, 0.2) is 5.82 Å². The van der Waals surface area contributed by atoms with Gasteiger partial charge in [0.25, 0.3) is 0 Å². The van der Waals surface area contributed by atoms with Crippen LogP contribution in [0.2, 0.25) is 0 Å². The number of hydrogen-bond acceptors (Lipinski definition) is 4. The third kappa shape index (κ3) is 2.11. The molecule has 0 bridgehead atoms. The lowest BCUT2D eigenvalue weighted by Crippen LogP contribution is -2.09. The average molecular weight is 211 g/mol. The second kappa shape index (κ2) is 4.33. The van der Waals surface area contributed by atoms with E-state index in [-0.39, 0.29) is 11.9 Å². The van der Waals surface area contributed by atoms with Crippen LogP contribution in [-0.4, -0.2) is 22.4 Å². The number of esters is 1. The number of rotatable bonds is 3. The molecule has 1 rings (SSSR count). The Labute approximate surface area is 89.2 Å². The summed E-state index contributed by atoms with van der Waals surface area (Å²) in [6.07, 6.45) is 0. The van der Waals surface area contributed by atoms with Crippen molar-refractivity contribution in [1.29, 1.82) is 0 Å². The summed E-state index contributed by atoms with van der Waals surface area (Å²) in [5, 5.41) is 4.11. The molecule has 0 amide bonds. The number of ether oxygens (including phenoxy) is 1. The van der Waals surface area contributed by atoms with Crippen LogP contribution in [0.3, 0.4) is 0 Å². The van der Waals surface area contributed by atoms with Crippen LogP contribution < -0.4 is 5.73 Å². The molecule has 5 heteroatoms. The number of nitrogens with two attached hydrogens (primary N) is 1. The Balaban J connectivity index is 3.13. The smallest absolute Gasteiger partial charge is 0.343 e. The number of anilines is 1. The second-order valence-corrected chi connectivity index (χ2v) is 3.60. The minimum atomic E-state index is -0.403. The first-order chi connectivity index (χ1) is 6.99. The molecule has 15 heavy (non-hydrogen) atoms. The van der Waals surface area contributed by atoms with Crippen LogP contribution in [0, 0.1) is 6.92 Å². The van der Waals surface area contributed by atoms with Gasteiger partial charge in [0.2, 0.25) is 0 Å². The molecule has 0 fully saturated rings. The maximum Gasteiger partial charge on any atom is 0.343 e. The summed E-state index contributed by atoms with van der Waals surface area (Å²) < 4.78 is 6.63. The van der Waals surface area contributed by atoms with Gasteiger partial charge in [0.05, 0.1) is 12.3 Å². The molecule has 1 aromatic rings. The van der Waals surface area contributed by atoms with Gasteiger partial charge in [-0.3, -0.25) is 4.68 Å². The second-order valence-electron chi connectivity index (χ2n) is 3.60. The summed E-state index contributed by atoms with van der Waals surface area (Å²) in [6, 6.07) is 0.176. The molecule has 0 saturated carbocycles. The fourth-order valence-electron chi connectivity index (χ4n) is 1.50. The van der Waals surface area contributed by atoms with E-state index in [1.165, 1.54) is 0 Å². The number of carbonyl (C=O) groups is 1. The number of hydrogen-bond donors (Lipinski definition) is 1. The Hall–Kier alpha value is -1.52. The Morgan fingerprint density at radius 2 is 2.20 bits per heavy atom. The molecular weight excluding hydrogens is 194 g/mol. The van der Waals surface area contributed by atoms with Gasteiger partial charge in [0.1, 0.15) is 5.56 Å². The largest absolute Gasteiger partial charge is 0.462 e. The fraction of sp³-hybridized carbons (Fsp3) is 0.600. The molecule has 1 heterocycles. The highest BCUT2D eigenvalue weighted by atomic mass is 16.5. The van der Waals surface area contributed by atoms with E-state index in [9.17, 15) is 4.79 Å². The molecule has 0 radical (unpaired) electrons. The minimum absolute atomic E-state index is 0.176. The van der Waals surface area contributed by atoms with Crippen LogP contribution in [0.15, 0.2) is 0 Å². The first-order valence-corrected chi connectivity index (χ1v) is 5.00. The maximum atomic E-state index is 11.6. The highest BCUT2D eigenvalue weighted by Gasteiger charge is 2.21. The standard InChI is InChI=1S/C10H17N3O2/c1-5-15-10(14)8-7(4)13(6(2)3)12-9(8)11/h6H,5H2,1-4H3,(H2,11,12). The van der Waals surface area contributed by atoms with Crippen LogP contribution in [0.5, 0.6) is 0 Å². The first-order valence-electron chi connectivity index (χ1n) is 5.00. The molecule has 0 aliphatic rings. The molecule has 0 aromatic carbocycles. The lowest BCUT2D eigenvalue weighted by Gasteiger charge is -2.07. The number of aromatic nitrogens is 2. The van der Waals surface area contributed by atoms with Gasteiger partial charge in [-0.15, -0.1) is 0 Å². The summed E-state index contributed by atoms with van der Waals surface area (Å²) in [6.45, 7) is 7.87. The topological polar surface area (TPSA) is 70.1 Å². The predicted octanol–water partition coefficient (Wildman–Crippen LogP) is 1.53. The lowest BCUT2D eigenvalue weighted by atomic mass is 10.2. The normalized spacial score (nSPS) is 10.7. The van der Waals surface area contributed by atoms with E-state index in [1.807, 2.05) is 20.8 Å². The van der Waals surface area contributed by atoms with E-state index >= 15 is 0 Å². The third-order valence-electron chi connectivity index (χ3n) is 2.15. The summed E-state index contributed by atoms with van der Waals surface area (Å²) in [4.78, 5) is 11.6. The van der Waals surface area contributed by atoms with E-state index in [0.29, 0.717) is 12.2 Å². The highest BCUT2D eigenvalue weighted by Crippen LogP contribution is 2.20. The van der Waals surface area contributed by atoms with E-state index in [1.54, 1.807) is 11.6 Å². The Kier molecular flexibility index (Phi) is 3.34. The summed E-state index contributed by atoms with van der Waals surface area (Å²) in [7, 11) is 0. The van der Waals surface area contributed by atoms with Crippen molar-refractivity contribution < 1.29 is 9.53 Å². The molecule has 0 aliphatic heterocycles. The van der Waals surface area contributed by atoms with Crippen LogP contribution in [0.1, 0.15) is 42.9 Å². The molecule has 1 aromatic heterocycles. The zero-order valence-electron chi connectivity index (χ0n) is 9.57. The third-order valence-corrected chi connectivity index (χ3v) is 2.15. The van der Waals surface area contributed by atoms with Crippen LogP contribution in [-0.2, 0) is 4.74 Å². The summed E-state index contributed by atoms with van der Waals surface area (Å²) in [5.41, 5.74) is 6.81. The van der Waals surface area contributed by atoms with Gasteiger partial charge in [-0.2, -0.15) is 5.10 Å². The Bertz CT molecular complexity index is 369. The minimum Gasteiger partial charge on any atom is -0.462 e. The summed E-state index contributed by atoms with van der Waals surface area (Å²) in [5.74, 6) is -0.168. The van der Waals surface area contributed by atoms with E-state index in [2.05, 4.69) is 5.10 Å². The van der Waals surface area contributed by atoms with Gasteiger partial charge in [-0.25, -0.2) is 4.79 Å². The fourth-order valence-corrected chi connectivity index (χ4v) is 1.50. The van der Waals surface area contributed by atoms with Gasteiger partial charge >= 0.3 is 5.97 Å². The Morgan fingerprint density at radius 3 is 2.60 bits per heavy atom.